The molecule has 0 spiro atoms. The SMILES string of the molecule is CC(=O)N(C(C)C)C1(C(=O)O)CCOC1. The molecule has 1 N–H and O–H groups in total. The average molecular weight is 215 g/mol. The van der Waals surface area contributed by atoms with Gasteiger partial charge in [-0.05, 0) is 13.8 Å². The fourth-order valence-electron chi connectivity index (χ4n) is 2.18. The lowest BCUT2D eigenvalue weighted by Crippen LogP contribution is -2.59. The van der Waals surface area contributed by atoms with Crippen LogP contribution in [0.2, 0.25) is 0 Å². The molecule has 0 aliphatic carbocycles. The van der Waals surface area contributed by atoms with Crippen molar-refractivity contribution < 1.29 is 19.4 Å². The summed E-state index contributed by atoms with van der Waals surface area (Å²) in [7, 11) is 0. The lowest BCUT2D eigenvalue weighted by atomic mass is 9.94. The summed E-state index contributed by atoms with van der Waals surface area (Å²) in [5.41, 5.74) is -1.17. The maximum absolute atomic E-state index is 11.5. The predicted molar refractivity (Wildman–Crippen MR) is 53.5 cm³/mol. The number of rotatable bonds is 3. The Morgan fingerprint density at radius 3 is 2.33 bits per heavy atom. The molecule has 1 aliphatic heterocycles. The molecule has 0 bridgehead atoms. The second-order valence-corrected chi connectivity index (χ2v) is 4.12. The summed E-state index contributed by atoms with van der Waals surface area (Å²) in [5.74, 6) is -1.21. The maximum Gasteiger partial charge on any atom is 0.332 e. The third-order valence-corrected chi connectivity index (χ3v) is 2.72. The van der Waals surface area contributed by atoms with Gasteiger partial charge in [-0.15, -0.1) is 0 Å². The van der Waals surface area contributed by atoms with Gasteiger partial charge in [-0.25, -0.2) is 4.79 Å². The van der Waals surface area contributed by atoms with E-state index in [0.717, 1.165) is 0 Å². The molecule has 0 aromatic heterocycles. The molecule has 0 saturated carbocycles. The Morgan fingerprint density at radius 1 is 1.47 bits per heavy atom. The van der Waals surface area contributed by atoms with E-state index >= 15 is 0 Å². The van der Waals surface area contributed by atoms with Crippen LogP contribution in [0.15, 0.2) is 0 Å². The number of aliphatic carboxylic acids is 1. The van der Waals surface area contributed by atoms with Crippen LogP contribution in [-0.4, -0.2) is 46.7 Å². The van der Waals surface area contributed by atoms with Gasteiger partial charge in [0.2, 0.25) is 5.91 Å². The molecule has 1 rings (SSSR count). The van der Waals surface area contributed by atoms with Crippen LogP contribution in [0, 0.1) is 0 Å². The Balaban J connectivity index is 3.05. The van der Waals surface area contributed by atoms with E-state index in [9.17, 15) is 14.7 Å². The molecule has 0 radical (unpaired) electrons. The minimum Gasteiger partial charge on any atom is -0.479 e. The van der Waals surface area contributed by atoms with Gasteiger partial charge in [0.1, 0.15) is 0 Å². The summed E-state index contributed by atoms with van der Waals surface area (Å²) in [4.78, 5) is 24.2. The van der Waals surface area contributed by atoms with Gasteiger partial charge in [-0.2, -0.15) is 0 Å². The van der Waals surface area contributed by atoms with Gasteiger partial charge in [0, 0.05) is 26.0 Å². The number of carboxylic acids is 1. The molecule has 15 heavy (non-hydrogen) atoms. The van der Waals surface area contributed by atoms with Gasteiger partial charge in [-0.3, -0.25) is 4.79 Å². The first-order valence-electron chi connectivity index (χ1n) is 5.03. The van der Waals surface area contributed by atoms with Crippen molar-refractivity contribution in [2.45, 2.75) is 38.8 Å². The normalized spacial score (nSPS) is 25.6. The topological polar surface area (TPSA) is 66.8 Å². The molecule has 1 atom stereocenters. The van der Waals surface area contributed by atoms with Crippen LogP contribution in [0.1, 0.15) is 27.2 Å². The summed E-state index contributed by atoms with van der Waals surface area (Å²) in [6.45, 7) is 5.49. The van der Waals surface area contributed by atoms with E-state index in [1.165, 1.54) is 11.8 Å². The molecule has 5 nitrogen and oxygen atoms in total. The second kappa shape index (κ2) is 4.18. The Labute approximate surface area is 89.0 Å². The molecule has 0 aromatic rings. The first-order valence-corrected chi connectivity index (χ1v) is 5.03. The lowest BCUT2D eigenvalue weighted by Gasteiger charge is -2.39. The van der Waals surface area contributed by atoms with Crippen LogP contribution < -0.4 is 0 Å². The molecule has 1 fully saturated rings. The zero-order chi connectivity index (χ0) is 11.6. The molecular formula is C10H17NO4. The second-order valence-electron chi connectivity index (χ2n) is 4.12. The fraction of sp³-hybridized carbons (Fsp3) is 0.800. The smallest absolute Gasteiger partial charge is 0.332 e. The molecule has 1 unspecified atom stereocenters. The number of carbonyl (C=O) groups is 2. The number of amides is 1. The predicted octanol–water partition coefficient (Wildman–Crippen LogP) is 0.487. The Morgan fingerprint density at radius 2 is 2.07 bits per heavy atom. The summed E-state index contributed by atoms with van der Waals surface area (Å²) in [5, 5.41) is 9.26. The molecule has 1 heterocycles. The van der Waals surface area contributed by atoms with Gasteiger partial charge < -0.3 is 14.7 Å². The molecule has 86 valence electrons. The zero-order valence-corrected chi connectivity index (χ0v) is 9.32. The minimum atomic E-state index is -1.17. The van der Waals surface area contributed by atoms with Crippen LogP contribution >= 0.6 is 0 Å². The Bertz CT molecular complexity index is 269. The van der Waals surface area contributed by atoms with E-state index in [1.54, 1.807) is 0 Å². The van der Waals surface area contributed by atoms with Crippen molar-refractivity contribution in [1.82, 2.24) is 4.90 Å². The maximum atomic E-state index is 11.5. The quantitative estimate of drug-likeness (QED) is 0.744. The fourth-order valence-corrected chi connectivity index (χ4v) is 2.18. The van der Waals surface area contributed by atoms with Crippen LogP contribution in [0.4, 0.5) is 0 Å². The third-order valence-electron chi connectivity index (χ3n) is 2.72. The first-order chi connectivity index (χ1) is 6.92. The number of ether oxygens (including phenoxy) is 1. The van der Waals surface area contributed by atoms with E-state index in [-0.39, 0.29) is 18.6 Å². The highest BCUT2D eigenvalue weighted by atomic mass is 16.5. The standard InChI is InChI=1S/C10H17NO4/c1-7(2)11(8(3)12)10(9(13)14)4-5-15-6-10/h7H,4-6H2,1-3H3,(H,13,14). The largest absolute Gasteiger partial charge is 0.479 e. The number of carbonyl (C=O) groups excluding carboxylic acids is 1. The van der Waals surface area contributed by atoms with Crippen LogP contribution in [0.25, 0.3) is 0 Å². The van der Waals surface area contributed by atoms with E-state index in [2.05, 4.69) is 0 Å². The molecular weight excluding hydrogens is 198 g/mol. The van der Waals surface area contributed by atoms with Crippen LogP contribution in [0.5, 0.6) is 0 Å². The molecule has 1 aliphatic rings. The molecule has 0 aromatic carbocycles. The monoisotopic (exact) mass is 215 g/mol. The molecule has 1 saturated heterocycles. The van der Waals surface area contributed by atoms with Gasteiger partial charge in [0.05, 0.1) is 6.61 Å². The number of hydrogen-bond donors (Lipinski definition) is 1. The van der Waals surface area contributed by atoms with Crippen molar-refractivity contribution >= 4 is 11.9 Å². The van der Waals surface area contributed by atoms with Crippen molar-refractivity contribution in [2.75, 3.05) is 13.2 Å². The molecule has 1 amide bonds. The number of nitrogens with zero attached hydrogens (tertiary/aromatic N) is 1. The average Bonchev–Trinajstić information content (AvgIpc) is 2.52. The summed E-state index contributed by atoms with van der Waals surface area (Å²) < 4.78 is 5.13. The highest BCUT2D eigenvalue weighted by Gasteiger charge is 2.49. The summed E-state index contributed by atoms with van der Waals surface area (Å²) >= 11 is 0. The van der Waals surface area contributed by atoms with Gasteiger partial charge in [0.15, 0.2) is 5.54 Å². The minimum absolute atomic E-state index is 0.0834. The van der Waals surface area contributed by atoms with Gasteiger partial charge >= 0.3 is 5.97 Å². The van der Waals surface area contributed by atoms with E-state index in [1.807, 2.05) is 13.8 Å². The Hall–Kier alpha value is -1.10. The van der Waals surface area contributed by atoms with Gasteiger partial charge in [0.25, 0.3) is 0 Å². The van der Waals surface area contributed by atoms with Crippen molar-refractivity contribution in [3.8, 4) is 0 Å². The number of carboxylic acid groups (broad SMARTS) is 1. The van der Waals surface area contributed by atoms with Crippen LogP contribution in [-0.2, 0) is 14.3 Å². The first kappa shape index (κ1) is 12.0. The van der Waals surface area contributed by atoms with E-state index < -0.39 is 11.5 Å². The van der Waals surface area contributed by atoms with Crippen molar-refractivity contribution in [2.24, 2.45) is 0 Å². The Kier molecular flexibility index (Phi) is 3.34. The van der Waals surface area contributed by atoms with Gasteiger partial charge in [-0.1, -0.05) is 0 Å². The third kappa shape index (κ3) is 1.97. The van der Waals surface area contributed by atoms with E-state index in [4.69, 9.17) is 4.74 Å². The van der Waals surface area contributed by atoms with Crippen molar-refractivity contribution in [3.63, 3.8) is 0 Å². The van der Waals surface area contributed by atoms with Crippen molar-refractivity contribution in [1.29, 1.82) is 0 Å². The molecule has 5 heteroatoms. The van der Waals surface area contributed by atoms with Crippen molar-refractivity contribution in [3.05, 3.63) is 0 Å². The van der Waals surface area contributed by atoms with Crippen LogP contribution in [0.3, 0.4) is 0 Å². The highest BCUT2D eigenvalue weighted by Crippen LogP contribution is 2.28. The summed E-state index contributed by atoms with van der Waals surface area (Å²) in [6, 6.07) is -0.139. The number of hydrogen-bond acceptors (Lipinski definition) is 3. The zero-order valence-electron chi connectivity index (χ0n) is 9.32. The lowest BCUT2D eigenvalue weighted by molar-refractivity contribution is -0.160. The van der Waals surface area contributed by atoms with E-state index in [0.29, 0.717) is 13.0 Å². The highest BCUT2D eigenvalue weighted by molar-refractivity contribution is 5.86. The summed E-state index contributed by atoms with van der Waals surface area (Å²) in [6.07, 6.45) is 0.361.